The first kappa shape index (κ1) is 25.3. The van der Waals surface area contributed by atoms with Gasteiger partial charge in [0.15, 0.2) is 0 Å². The van der Waals surface area contributed by atoms with Crippen molar-refractivity contribution in [2.75, 3.05) is 43.7 Å². The molecule has 1 aliphatic heterocycles. The van der Waals surface area contributed by atoms with E-state index in [0.29, 0.717) is 24.3 Å². The van der Waals surface area contributed by atoms with E-state index in [1.54, 1.807) is 42.5 Å². The quantitative estimate of drug-likeness (QED) is 0.552. The molecule has 9 heteroatoms. The molecular formula is C26H28N4O5. The Morgan fingerprint density at radius 1 is 1.09 bits per heavy atom. The number of esters is 2. The minimum absolute atomic E-state index is 0.00151. The summed E-state index contributed by atoms with van der Waals surface area (Å²) in [5.74, 6) is -2.49. The molecule has 1 atom stereocenters. The number of benzene rings is 2. The normalized spacial score (nSPS) is 15.5. The Kier molecular flexibility index (Phi) is 8.12. The average molecular weight is 477 g/mol. The summed E-state index contributed by atoms with van der Waals surface area (Å²) in [5, 5.41) is 19.4. The van der Waals surface area contributed by atoms with E-state index < -0.39 is 17.9 Å². The predicted octanol–water partition coefficient (Wildman–Crippen LogP) is 2.40. The Bertz CT molecular complexity index is 1180. The first-order chi connectivity index (χ1) is 16.9. The molecule has 182 valence electrons. The van der Waals surface area contributed by atoms with Crippen LogP contribution in [0.25, 0.3) is 0 Å². The molecule has 0 fully saturated rings. The number of carbonyl (C=O) groups is 2. The summed E-state index contributed by atoms with van der Waals surface area (Å²) in [5.41, 5.74) is 8.33. The number of aliphatic hydroxyl groups is 1. The Morgan fingerprint density at radius 3 is 2.23 bits per heavy atom. The molecule has 0 aromatic heterocycles. The molecule has 0 bridgehead atoms. The Labute approximate surface area is 204 Å². The van der Waals surface area contributed by atoms with Crippen molar-refractivity contribution in [2.45, 2.75) is 12.8 Å². The van der Waals surface area contributed by atoms with E-state index in [-0.39, 0.29) is 29.3 Å². The maximum Gasteiger partial charge on any atom is 0.355 e. The Balaban J connectivity index is 2.27. The molecule has 3 N–H and O–H groups in total. The van der Waals surface area contributed by atoms with Gasteiger partial charge in [0.05, 0.1) is 44.0 Å². The maximum absolute atomic E-state index is 13.1. The molecule has 9 nitrogen and oxygen atoms in total. The molecule has 2 aromatic carbocycles. The van der Waals surface area contributed by atoms with Gasteiger partial charge in [-0.1, -0.05) is 30.3 Å². The predicted molar refractivity (Wildman–Crippen MR) is 131 cm³/mol. The lowest BCUT2D eigenvalue weighted by atomic mass is 9.81. The molecule has 1 heterocycles. The van der Waals surface area contributed by atoms with E-state index in [0.717, 1.165) is 5.69 Å². The summed E-state index contributed by atoms with van der Waals surface area (Å²) in [7, 11) is 2.41. The number of aliphatic hydroxyl groups excluding tert-OH is 1. The van der Waals surface area contributed by atoms with E-state index in [9.17, 15) is 20.0 Å². The summed E-state index contributed by atoms with van der Waals surface area (Å²) < 4.78 is 10.1. The second kappa shape index (κ2) is 11.2. The highest BCUT2D eigenvalue weighted by Gasteiger charge is 2.42. The Morgan fingerprint density at radius 2 is 1.71 bits per heavy atom. The van der Waals surface area contributed by atoms with Gasteiger partial charge < -0.3 is 25.2 Å². The third-order valence-electron chi connectivity index (χ3n) is 5.84. The molecule has 0 spiro atoms. The van der Waals surface area contributed by atoms with Gasteiger partial charge in [-0.25, -0.2) is 9.59 Å². The topological polar surface area (TPSA) is 129 Å². The zero-order valence-corrected chi connectivity index (χ0v) is 19.9. The van der Waals surface area contributed by atoms with Crippen molar-refractivity contribution in [2.24, 2.45) is 5.73 Å². The molecule has 1 unspecified atom stereocenters. The van der Waals surface area contributed by atoms with E-state index in [4.69, 9.17) is 15.2 Å². The fourth-order valence-electron chi connectivity index (χ4n) is 4.18. The van der Waals surface area contributed by atoms with Crippen molar-refractivity contribution < 1.29 is 24.2 Å². The molecule has 0 saturated heterocycles. The first-order valence-corrected chi connectivity index (χ1v) is 11.0. The third kappa shape index (κ3) is 4.83. The van der Waals surface area contributed by atoms with E-state index in [1.165, 1.54) is 19.1 Å². The van der Waals surface area contributed by atoms with Gasteiger partial charge in [0.2, 0.25) is 0 Å². The van der Waals surface area contributed by atoms with Crippen LogP contribution in [0.2, 0.25) is 0 Å². The molecule has 0 aliphatic carbocycles. The largest absolute Gasteiger partial charge is 0.466 e. The number of anilines is 2. The fraction of sp³-hybridized carbons (Fsp3) is 0.269. The number of nitrogens with zero attached hydrogens (tertiary/aromatic N) is 3. The fourth-order valence-corrected chi connectivity index (χ4v) is 4.18. The standard InChI is InChI=1S/C26H28N4O5/c1-4-29(14-15-31)18-10-12-19(13-11-18)30-23(26(33)35-3)22(25(32)34-2)21(20(16-27)24(30)28)17-8-6-5-7-9-17/h5-13,21,31H,4,14-15,28H2,1-3H3. The SMILES string of the molecule is CCN(CCO)c1ccc(N2C(N)=C(C#N)C(c3ccccc3)C(C(=O)OC)=C2C(=O)OC)cc1. The second-order valence-electron chi connectivity index (χ2n) is 7.65. The van der Waals surface area contributed by atoms with Gasteiger partial charge in [-0.15, -0.1) is 0 Å². The van der Waals surface area contributed by atoms with Gasteiger partial charge in [-0.2, -0.15) is 5.26 Å². The van der Waals surface area contributed by atoms with Crippen LogP contribution >= 0.6 is 0 Å². The summed E-state index contributed by atoms with van der Waals surface area (Å²) in [6, 6.07) is 18.0. The zero-order chi connectivity index (χ0) is 25.5. The van der Waals surface area contributed by atoms with Gasteiger partial charge in [0, 0.05) is 24.5 Å². The van der Waals surface area contributed by atoms with Crippen molar-refractivity contribution in [3.63, 3.8) is 0 Å². The molecular weight excluding hydrogens is 448 g/mol. The minimum atomic E-state index is -0.918. The number of hydrogen-bond acceptors (Lipinski definition) is 9. The number of nitrogens with two attached hydrogens (primary N) is 1. The maximum atomic E-state index is 13.1. The van der Waals surface area contributed by atoms with Crippen LogP contribution in [0.3, 0.4) is 0 Å². The van der Waals surface area contributed by atoms with E-state index >= 15 is 0 Å². The van der Waals surface area contributed by atoms with Crippen molar-refractivity contribution in [1.29, 1.82) is 5.26 Å². The van der Waals surface area contributed by atoms with E-state index in [1.807, 2.05) is 24.0 Å². The van der Waals surface area contributed by atoms with Crippen LogP contribution in [-0.4, -0.2) is 51.0 Å². The highest BCUT2D eigenvalue weighted by molar-refractivity contribution is 6.06. The number of carbonyl (C=O) groups excluding carboxylic acids is 2. The van der Waals surface area contributed by atoms with Gasteiger partial charge in [0.25, 0.3) is 0 Å². The number of rotatable bonds is 8. The number of ether oxygens (including phenoxy) is 2. The first-order valence-electron chi connectivity index (χ1n) is 11.0. The molecule has 0 radical (unpaired) electrons. The van der Waals surface area contributed by atoms with Crippen LogP contribution in [0.1, 0.15) is 18.4 Å². The molecule has 1 aliphatic rings. The van der Waals surface area contributed by atoms with Crippen LogP contribution in [0, 0.1) is 11.3 Å². The summed E-state index contributed by atoms with van der Waals surface area (Å²) >= 11 is 0. The smallest absolute Gasteiger partial charge is 0.355 e. The summed E-state index contributed by atoms with van der Waals surface area (Å²) in [6.45, 7) is 3.11. The number of allylic oxidation sites excluding steroid dienone is 1. The van der Waals surface area contributed by atoms with Crippen molar-refractivity contribution in [1.82, 2.24) is 0 Å². The third-order valence-corrected chi connectivity index (χ3v) is 5.84. The zero-order valence-electron chi connectivity index (χ0n) is 19.9. The van der Waals surface area contributed by atoms with Crippen LogP contribution in [0.4, 0.5) is 11.4 Å². The van der Waals surface area contributed by atoms with Crippen LogP contribution in [-0.2, 0) is 19.1 Å². The lowest BCUT2D eigenvalue weighted by Gasteiger charge is -2.36. The van der Waals surface area contributed by atoms with Gasteiger partial charge in [-0.05, 0) is 36.8 Å². The molecule has 0 saturated carbocycles. The lowest BCUT2D eigenvalue weighted by Crippen LogP contribution is -2.40. The van der Waals surface area contributed by atoms with Crippen LogP contribution in [0.15, 0.2) is 77.3 Å². The summed E-state index contributed by atoms with van der Waals surface area (Å²) in [4.78, 5) is 29.5. The molecule has 3 rings (SSSR count). The number of hydrogen-bond donors (Lipinski definition) is 2. The van der Waals surface area contributed by atoms with Crippen LogP contribution < -0.4 is 15.5 Å². The summed E-state index contributed by atoms with van der Waals surface area (Å²) in [6.07, 6.45) is 0. The Hall–Kier alpha value is -4.29. The minimum Gasteiger partial charge on any atom is -0.466 e. The highest BCUT2D eigenvalue weighted by Crippen LogP contribution is 2.43. The van der Waals surface area contributed by atoms with E-state index in [2.05, 4.69) is 6.07 Å². The molecule has 0 amide bonds. The number of likely N-dealkylation sites (N-methyl/N-ethyl adjacent to an activating group) is 1. The van der Waals surface area contributed by atoms with Gasteiger partial charge in [0.1, 0.15) is 11.5 Å². The van der Waals surface area contributed by atoms with Crippen LogP contribution in [0.5, 0.6) is 0 Å². The molecule has 35 heavy (non-hydrogen) atoms. The average Bonchev–Trinajstić information content (AvgIpc) is 2.90. The molecule has 2 aromatic rings. The lowest BCUT2D eigenvalue weighted by molar-refractivity contribution is -0.139. The van der Waals surface area contributed by atoms with Gasteiger partial charge >= 0.3 is 11.9 Å². The number of methoxy groups -OCH3 is 2. The van der Waals surface area contributed by atoms with Crippen molar-refractivity contribution >= 4 is 23.3 Å². The monoisotopic (exact) mass is 476 g/mol. The number of nitriles is 1. The second-order valence-corrected chi connectivity index (χ2v) is 7.65. The van der Waals surface area contributed by atoms with Crippen molar-refractivity contribution in [3.05, 3.63) is 82.8 Å². The highest BCUT2D eigenvalue weighted by atomic mass is 16.5. The van der Waals surface area contributed by atoms with Gasteiger partial charge in [-0.3, -0.25) is 4.90 Å². The van der Waals surface area contributed by atoms with Crippen molar-refractivity contribution in [3.8, 4) is 6.07 Å².